The predicted octanol–water partition coefficient (Wildman–Crippen LogP) is 2.64. The largest absolute Gasteiger partial charge is 0.348 e. The first-order valence-electron chi connectivity index (χ1n) is 6.68. The van der Waals surface area contributed by atoms with Crippen molar-refractivity contribution in [2.75, 3.05) is 6.54 Å². The maximum atomic E-state index is 12.9. The Labute approximate surface area is 114 Å². The number of rotatable bonds is 6. The molecule has 1 atom stereocenters. The van der Waals surface area contributed by atoms with Gasteiger partial charge < -0.3 is 10.6 Å². The van der Waals surface area contributed by atoms with Crippen LogP contribution in [0.5, 0.6) is 0 Å². The Balaban J connectivity index is 2.68. The smallest absolute Gasteiger partial charge is 0.234 e. The molecule has 0 saturated carbocycles. The summed E-state index contributed by atoms with van der Waals surface area (Å²) in [6.07, 6.45) is 0. The average Bonchev–Trinajstić information content (AvgIpc) is 2.34. The number of carbonyl (C=O) groups excluding carboxylic acids is 1. The highest BCUT2D eigenvalue weighted by molar-refractivity contribution is 5.78. The summed E-state index contributed by atoms with van der Waals surface area (Å²) in [7, 11) is 0. The van der Waals surface area contributed by atoms with E-state index in [0.29, 0.717) is 6.54 Å². The highest BCUT2D eigenvalue weighted by Gasteiger charge is 2.18. The topological polar surface area (TPSA) is 41.1 Å². The monoisotopic (exact) mass is 266 g/mol. The van der Waals surface area contributed by atoms with Crippen LogP contribution in [0.4, 0.5) is 4.39 Å². The summed E-state index contributed by atoms with van der Waals surface area (Å²) in [5.74, 6) is -0.0655. The molecule has 1 amide bonds. The lowest BCUT2D eigenvalue weighted by Gasteiger charge is -2.23. The van der Waals surface area contributed by atoms with Gasteiger partial charge >= 0.3 is 0 Å². The molecule has 0 bridgehead atoms. The Hall–Kier alpha value is -1.42. The third-order valence-corrected chi connectivity index (χ3v) is 2.88. The van der Waals surface area contributed by atoms with Crippen molar-refractivity contribution in [1.29, 1.82) is 0 Å². The highest BCUT2D eigenvalue weighted by Crippen LogP contribution is 2.21. The standard InChI is InChI=1S/C15H23FN2O/c1-10(2)15(12-5-7-13(16)8-6-12)18-14(19)9-17-11(3)4/h5-8,10-11,15,17H,9H2,1-4H3,(H,18,19). The van der Waals surface area contributed by atoms with Crippen LogP contribution in [0.2, 0.25) is 0 Å². The van der Waals surface area contributed by atoms with E-state index in [1.807, 2.05) is 27.7 Å². The van der Waals surface area contributed by atoms with E-state index in [1.54, 1.807) is 12.1 Å². The summed E-state index contributed by atoms with van der Waals surface area (Å²) in [6, 6.07) is 6.45. The summed E-state index contributed by atoms with van der Waals surface area (Å²) in [4.78, 5) is 11.9. The third-order valence-electron chi connectivity index (χ3n) is 2.88. The Morgan fingerprint density at radius 2 is 1.74 bits per heavy atom. The summed E-state index contributed by atoms with van der Waals surface area (Å²) in [5.41, 5.74) is 0.925. The lowest BCUT2D eigenvalue weighted by Crippen LogP contribution is -2.40. The van der Waals surface area contributed by atoms with Crippen molar-refractivity contribution in [2.24, 2.45) is 5.92 Å². The maximum Gasteiger partial charge on any atom is 0.234 e. The number of nitrogens with one attached hydrogen (secondary N) is 2. The Morgan fingerprint density at radius 1 is 1.16 bits per heavy atom. The average molecular weight is 266 g/mol. The summed E-state index contributed by atoms with van der Waals surface area (Å²) in [5, 5.41) is 6.06. The first kappa shape index (κ1) is 15.6. The normalized spacial score (nSPS) is 12.8. The minimum Gasteiger partial charge on any atom is -0.348 e. The van der Waals surface area contributed by atoms with Crippen LogP contribution in [0.25, 0.3) is 0 Å². The molecule has 4 heteroatoms. The molecule has 2 N–H and O–H groups in total. The molecule has 0 saturated heterocycles. The fraction of sp³-hybridized carbons (Fsp3) is 0.533. The van der Waals surface area contributed by atoms with Gasteiger partial charge in [-0.15, -0.1) is 0 Å². The second-order valence-electron chi connectivity index (χ2n) is 5.38. The van der Waals surface area contributed by atoms with Gasteiger partial charge in [-0.25, -0.2) is 4.39 Å². The first-order valence-corrected chi connectivity index (χ1v) is 6.68. The lowest BCUT2D eigenvalue weighted by atomic mass is 9.96. The molecule has 0 fully saturated rings. The number of hydrogen-bond donors (Lipinski definition) is 2. The number of carbonyl (C=O) groups is 1. The van der Waals surface area contributed by atoms with Crippen LogP contribution in [0.15, 0.2) is 24.3 Å². The van der Waals surface area contributed by atoms with Crippen molar-refractivity contribution in [1.82, 2.24) is 10.6 Å². The zero-order valence-electron chi connectivity index (χ0n) is 12.0. The van der Waals surface area contributed by atoms with Crippen molar-refractivity contribution in [3.05, 3.63) is 35.6 Å². The molecular formula is C15H23FN2O. The highest BCUT2D eigenvalue weighted by atomic mass is 19.1. The van der Waals surface area contributed by atoms with Crippen molar-refractivity contribution in [2.45, 2.75) is 39.8 Å². The van der Waals surface area contributed by atoms with Crippen molar-refractivity contribution >= 4 is 5.91 Å². The molecule has 0 aliphatic rings. The Kier molecular flexibility index (Phi) is 5.96. The Morgan fingerprint density at radius 3 is 2.21 bits per heavy atom. The minimum absolute atomic E-state index is 0.0447. The van der Waals surface area contributed by atoms with Crippen LogP contribution in [0.3, 0.4) is 0 Å². The number of hydrogen-bond acceptors (Lipinski definition) is 2. The zero-order chi connectivity index (χ0) is 14.4. The van der Waals surface area contributed by atoms with Gasteiger partial charge in [0.25, 0.3) is 0 Å². The van der Waals surface area contributed by atoms with Crippen molar-refractivity contribution in [3.63, 3.8) is 0 Å². The van der Waals surface area contributed by atoms with Gasteiger partial charge in [0.2, 0.25) is 5.91 Å². The van der Waals surface area contributed by atoms with Gasteiger partial charge in [0.1, 0.15) is 5.82 Å². The van der Waals surface area contributed by atoms with Crippen LogP contribution in [-0.2, 0) is 4.79 Å². The number of amides is 1. The van der Waals surface area contributed by atoms with E-state index < -0.39 is 0 Å². The van der Waals surface area contributed by atoms with Gasteiger partial charge in [-0.05, 0) is 23.6 Å². The quantitative estimate of drug-likeness (QED) is 0.831. The molecule has 0 radical (unpaired) electrons. The second-order valence-corrected chi connectivity index (χ2v) is 5.38. The van der Waals surface area contributed by atoms with Gasteiger partial charge in [-0.2, -0.15) is 0 Å². The molecule has 1 unspecified atom stereocenters. The fourth-order valence-corrected chi connectivity index (χ4v) is 1.83. The van der Waals surface area contributed by atoms with Gasteiger partial charge in [0, 0.05) is 6.04 Å². The summed E-state index contributed by atoms with van der Waals surface area (Å²) in [6.45, 7) is 8.34. The van der Waals surface area contributed by atoms with Gasteiger partial charge in [-0.3, -0.25) is 4.79 Å². The van der Waals surface area contributed by atoms with Gasteiger partial charge in [0.15, 0.2) is 0 Å². The molecule has 19 heavy (non-hydrogen) atoms. The van der Waals surface area contributed by atoms with E-state index in [-0.39, 0.29) is 29.7 Å². The molecule has 0 heterocycles. The molecule has 1 rings (SSSR count). The van der Waals surface area contributed by atoms with Crippen molar-refractivity contribution in [3.8, 4) is 0 Å². The SMILES string of the molecule is CC(C)NCC(=O)NC(c1ccc(F)cc1)C(C)C. The van der Waals surface area contributed by atoms with E-state index >= 15 is 0 Å². The zero-order valence-corrected chi connectivity index (χ0v) is 12.0. The molecule has 1 aromatic rings. The van der Waals surface area contributed by atoms with Gasteiger partial charge in [0.05, 0.1) is 12.6 Å². The van der Waals surface area contributed by atoms with Crippen LogP contribution < -0.4 is 10.6 Å². The van der Waals surface area contributed by atoms with E-state index in [1.165, 1.54) is 12.1 Å². The summed E-state index contributed by atoms with van der Waals surface area (Å²) >= 11 is 0. The molecule has 0 aliphatic heterocycles. The predicted molar refractivity (Wildman–Crippen MR) is 75.3 cm³/mol. The summed E-state index contributed by atoms with van der Waals surface area (Å²) < 4.78 is 12.9. The van der Waals surface area contributed by atoms with Crippen LogP contribution in [0.1, 0.15) is 39.3 Å². The number of halogens is 1. The second kappa shape index (κ2) is 7.24. The Bertz CT molecular complexity index is 401. The third kappa shape index (κ3) is 5.39. The molecule has 0 aromatic heterocycles. The molecule has 106 valence electrons. The molecular weight excluding hydrogens is 243 g/mol. The molecule has 1 aromatic carbocycles. The number of benzene rings is 1. The van der Waals surface area contributed by atoms with Gasteiger partial charge in [-0.1, -0.05) is 39.8 Å². The van der Waals surface area contributed by atoms with E-state index in [0.717, 1.165) is 5.56 Å². The van der Waals surface area contributed by atoms with Crippen LogP contribution in [0, 0.1) is 11.7 Å². The van der Waals surface area contributed by atoms with E-state index in [4.69, 9.17) is 0 Å². The molecule has 0 aliphatic carbocycles. The minimum atomic E-state index is -0.265. The van der Waals surface area contributed by atoms with E-state index in [9.17, 15) is 9.18 Å². The first-order chi connectivity index (χ1) is 8.90. The van der Waals surface area contributed by atoms with E-state index in [2.05, 4.69) is 10.6 Å². The van der Waals surface area contributed by atoms with Crippen molar-refractivity contribution < 1.29 is 9.18 Å². The van der Waals surface area contributed by atoms with Crippen LogP contribution >= 0.6 is 0 Å². The molecule has 3 nitrogen and oxygen atoms in total. The molecule has 0 spiro atoms. The fourth-order valence-electron chi connectivity index (χ4n) is 1.83. The lowest BCUT2D eigenvalue weighted by molar-refractivity contribution is -0.121. The van der Waals surface area contributed by atoms with Crippen LogP contribution in [-0.4, -0.2) is 18.5 Å². The maximum absolute atomic E-state index is 12.9.